The van der Waals surface area contributed by atoms with E-state index in [1.807, 2.05) is 18.3 Å². The maximum atomic E-state index is 11.8. The van der Waals surface area contributed by atoms with Gasteiger partial charge in [0, 0.05) is 11.9 Å². The first-order chi connectivity index (χ1) is 10.3. The van der Waals surface area contributed by atoms with Gasteiger partial charge in [-0.2, -0.15) is 0 Å². The SMILES string of the molecule is CCCCc1ccc(NC(=O)NC=C2CCCCC2)cc1. The predicted molar refractivity (Wildman–Crippen MR) is 88.4 cm³/mol. The van der Waals surface area contributed by atoms with E-state index in [-0.39, 0.29) is 6.03 Å². The van der Waals surface area contributed by atoms with Crippen molar-refractivity contribution in [2.75, 3.05) is 5.32 Å². The second-order valence-corrected chi connectivity index (χ2v) is 5.76. The number of carbonyl (C=O) groups excluding carboxylic acids is 1. The van der Waals surface area contributed by atoms with Gasteiger partial charge >= 0.3 is 6.03 Å². The number of amides is 2. The van der Waals surface area contributed by atoms with E-state index >= 15 is 0 Å². The zero-order valence-corrected chi connectivity index (χ0v) is 13.0. The van der Waals surface area contributed by atoms with Crippen molar-refractivity contribution in [2.45, 2.75) is 58.3 Å². The average Bonchev–Trinajstić information content (AvgIpc) is 2.53. The number of hydrogen-bond acceptors (Lipinski definition) is 1. The second-order valence-electron chi connectivity index (χ2n) is 5.76. The highest BCUT2D eigenvalue weighted by Gasteiger charge is 2.06. The van der Waals surface area contributed by atoms with Gasteiger partial charge in [-0.15, -0.1) is 0 Å². The third kappa shape index (κ3) is 5.62. The lowest BCUT2D eigenvalue weighted by molar-refractivity contribution is 0.255. The molecule has 3 heteroatoms. The summed E-state index contributed by atoms with van der Waals surface area (Å²) in [5.41, 5.74) is 3.52. The summed E-state index contributed by atoms with van der Waals surface area (Å²) in [5.74, 6) is 0. The average molecular weight is 286 g/mol. The Morgan fingerprint density at radius 1 is 1.14 bits per heavy atom. The molecule has 21 heavy (non-hydrogen) atoms. The molecule has 1 aliphatic rings. The topological polar surface area (TPSA) is 41.1 Å². The smallest absolute Gasteiger partial charge is 0.314 e. The Balaban J connectivity index is 1.79. The van der Waals surface area contributed by atoms with E-state index in [1.165, 1.54) is 43.2 Å². The molecule has 0 atom stereocenters. The summed E-state index contributed by atoms with van der Waals surface area (Å²) < 4.78 is 0. The zero-order chi connectivity index (χ0) is 14.9. The van der Waals surface area contributed by atoms with Crippen molar-refractivity contribution in [3.63, 3.8) is 0 Å². The maximum absolute atomic E-state index is 11.8. The first kappa shape index (κ1) is 15.6. The van der Waals surface area contributed by atoms with Crippen LogP contribution >= 0.6 is 0 Å². The van der Waals surface area contributed by atoms with Crippen LogP contribution < -0.4 is 10.6 Å². The second kappa shape index (κ2) is 8.50. The lowest BCUT2D eigenvalue weighted by atomic mass is 9.96. The molecule has 1 saturated carbocycles. The van der Waals surface area contributed by atoms with Crippen LogP contribution in [0.4, 0.5) is 10.5 Å². The number of hydrogen-bond donors (Lipinski definition) is 2. The molecule has 3 nitrogen and oxygen atoms in total. The summed E-state index contributed by atoms with van der Waals surface area (Å²) in [7, 11) is 0. The van der Waals surface area contributed by atoms with Crippen LogP contribution in [0.5, 0.6) is 0 Å². The van der Waals surface area contributed by atoms with E-state index in [0.29, 0.717) is 0 Å². The Hall–Kier alpha value is -1.77. The van der Waals surface area contributed by atoms with Crippen LogP contribution in [-0.4, -0.2) is 6.03 Å². The molecule has 0 saturated heterocycles. The predicted octanol–water partition coefficient (Wildman–Crippen LogP) is 5.00. The summed E-state index contributed by atoms with van der Waals surface area (Å²) in [6, 6.07) is 7.96. The van der Waals surface area contributed by atoms with Gasteiger partial charge in [-0.3, -0.25) is 0 Å². The van der Waals surface area contributed by atoms with E-state index < -0.39 is 0 Å². The third-order valence-corrected chi connectivity index (χ3v) is 3.93. The third-order valence-electron chi connectivity index (χ3n) is 3.93. The van der Waals surface area contributed by atoms with Crippen molar-refractivity contribution in [2.24, 2.45) is 0 Å². The fraction of sp³-hybridized carbons (Fsp3) is 0.500. The molecule has 1 aromatic carbocycles. The Bertz CT molecular complexity index is 468. The van der Waals surface area contributed by atoms with Crippen molar-refractivity contribution in [3.8, 4) is 0 Å². The van der Waals surface area contributed by atoms with Gasteiger partial charge in [0.15, 0.2) is 0 Å². The Morgan fingerprint density at radius 2 is 1.86 bits per heavy atom. The van der Waals surface area contributed by atoms with E-state index in [1.54, 1.807) is 0 Å². The van der Waals surface area contributed by atoms with Gasteiger partial charge in [0.05, 0.1) is 0 Å². The van der Waals surface area contributed by atoms with E-state index in [2.05, 4.69) is 29.7 Å². The van der Waals surface area contributed by atoms with E-state index in [9.17, 15) is 4.79 Å². The summed E-state index contributed by atoms with van der Waals surface area (Å²) in [4.78, 5) is 11.8. The van der Waals surface area contributed by atoms with Crippen LogP contribution in [0.2, 0.25) is 0 Å². The van der Waals surface area contributed by atoms with Crippen LogP contribution in [0.1, 0.15) is 57.4 Å². The minimum Gasteiger partial charge on any atom is -0.314 e. The monoisotopic (exact) mass is 286 g/mol. The Labute approximate surface area is 127 Å². The minimum absolute atomic E-state index is 0.158. The number of anilines is 1. The van der Waals surface area contributed by atoms with Gasteiger partial charge in [0.25, 0.3) is 0 Å². The Morgan fingerprint density at radius 3 is 2.52 bits per heavy atom. The quantitative estimate of drug-likeness (QED) is 0.786. The fourth-order valence-electron chi connectivity index (χ4n) is 2.62. The molecule has 0 heterocycles. The van der Waals surface area contributed by atoms with Crippen molar-refractivity contribution >= 4 is 11.7 Å². The Kier molecular flexibility index (Phi) is 6.32. The normalized spacial score (nSPS) is 14.6. The van der Waals surface area contributed by atoms with Crippen molar-refractivity contribution in [1.29, 1.82) is 0 Å². The number of urea groups is 1. The molecule has 2 rings (SSSR count). The van der Waals surface area contributed by atoms with Crippen molar-refractivity contribution in [1.82, 2.24) is 5.32 Å². The highest BCUT2D eigenvalue weighted by atomic mass is 16.2. The summed E-state index contributed by atoms with van der Waals surface area (Å²) in [6.07, 6.45) is 11.4. The molecule has 0 radical (unpaired) electrons. The molecule has 0 aromatic heterocycles. The molecule has 1 aliphatic carbocycles. The van der Waals surface area contributed by atoms with Crippen LogP contribution in [0.15, 0.2) is 36.0 Å². The number of rotatable bonds is 5. The van der Waals surface area contributed by atoms with Gasteiger partial charge in [-0.25, -0.2) is 4.79 Å². The zero-order valence-electron chi connectivity index (χ0n) is 13.0. The van der Waals surface area contributed by atoms with Gasteiger partial charge in [-0.05, 0) is 56.2 Å². The van der Waals surface area contributed by atoms with Gasteiger partial charge in [0.2, 0.25) is 0 Å². The van der Waals surface area contributed by atoms with Crippen molar-refractivity contribution in [3.05, 3.63) is 41.6 Å². The van der Waals surface area contributed by atoms with Crippen molar-refractivity contribution < 1.29 is 4.79 Å². The number of nitrogens with one attached hydrogen (secondary N) is 2. The van der Waals surface area contributed by atoms with Crippen LogP contribution in [0.3, 0.4) is 0 Å². The highest BCUT2D eigenvalue weighted by Crippen LogP contribution is 2.21. The lowest BCUT2D eigenvalue weighted by Crippen LogP contribution is -2.24. The summed E-state index contributed by atoms with van der Waals surface area (Å²) in [5, 5.41) is 5.71. The molecule has 0 bridgehead atoms. The van der Waals surface area contributed by atoms with Crippen LogP contribution in [0.25, 0.3) is 0 Å². The first-order valence-corrected chi connectivity index (χ1v) is 8.12. The number of aryl methyl sites for hydroxylation is 1. The summed E-state index contributed by atoms with van der Waals surface area (Å²) in [6.45, 7) is 2.20. The number of carbonyl (C=O) groups is 1. The van der Waals surface area contributed by atoms with Crippen LogP contribution in [0, 0.1) is 0 Å². The van der Waals surface area contributed by atoms with Gasteiger partial charge in [0.1, 0.15) is 0 Å². The molecular weight excluding hydrogens is 260 g/mol. The molecule has 1 fully saturated rings. The van der Waals surface area contributed by atoms with Crippen LogP contribution in [-0.2, 0) is 6.42 Å². The number of benzene rings is 1. The van der Waals surface area contributed by atoms with E-state index in [4.69, 9.17) is 0 Å². The highest BCUT2D eigenvalue weighted by molar-refractivity contribution is 5.89. The summed E-state index contributed by atoms with van der Waals surface area (Å²) >= 11 is 0. The van der Waals surface area contributed by atoms with Gasteiger partial charge in [-0.1, -0.05) is 37.5 Å². The molecule has 114 valence electrons. The molecular formula is C18H26N2O. The molecule has 0 aliphatic heterocycles. The lowest BCUT2D eigenvalue weighted by Gasteiger charge is -2.13. The number of unbranched alkanes of at least 4 members (excludes halogenated alkanes) is 1. The first-order valence-electron chi connectivity index (χ1n) is 8.12. The molecule has 1 aromatic rings. The molecule has 2 N–H and O–H groups in total. The standard InChI is InChI=1S/C18H26N2O/c1-2-3-7-15-10-12-17(13-11-15)20-18(21)19-14-16-8-5-4-6-9-16/h10-14H,2-9H2,1H3,(H2,19,20,21). The largest absolute Gasteiger partial charge is 0.323 e. The van der Waals surface area contributed by atoms with E-state index in [0.717, 1.165) is 24.9 Å². The molecule has 2 amide bonds. The minimum atomic E-state index is -0.158. The molecule has 0 unspecified atom stereocenters. The maximum Gasteiger partial charge on any atom is 0.323 e. The van der Waals surface area contributed by atoms with Gasteiger partial charge < -0.3 is 10.6 Å². The fourth-order valence-corrected chi connectivity index (χ4v) is 2.62. The number of allylic oxidation sites excluding steroid dienone is 1. The molecule has 0 spiro atoms.